The quantitative estimate of drug-likeness (QED) is 0.794. The van der Waals surface area contributed by atoms with Crippen molar-refractivity contribution in [3.05, 3.63) is 20.7 Å². The molecule has 2 saturated heterocycles. The molecule has 0 radical (unpaired) electrons. The number of hydrogen-bond acceptors (Lipinski definition) is 5. The first-order chi connectivity index (χ1) is 11.1. The fourth-order valence-electron chi connectivity index (χ4n) is 3.03. The maximum atomic E-state index is 12.4. The zero-order chi connectivity index (χ0) is 16.2. The highest BCUT2D eigenvalue weighted by Gasteiger charge is 2.26. The van der Waals surface area contributed by atoms with Gasteiger partial charge in [0.1, 0.15) is 0 Å². The molecule has 1 aromatic heterocycles. The lowest BCUT2D eigenvalue weighted by atomic mass is 10.3. The van der Waals surface area contributed by atoms with Crippen molar-refractivity contribution < 1.29 is 9.53 Å². The Hall–Kier alpha value is -1.38. The van der Waals surface area contributed by atoms with Gasteiger partial charge in [0.2, 0.25) is 0 Å². The number of nitrogens with zero attached hydrogens (tertiary/aromatic N) is 4. The normalized spacial score (nSPS) is 20.0. The summed E-state index contributed by atoms with van der Waals surface area (Å²) in [5.74, 6) is 0. The van der Waals surface area contributed by atoms with E-state index in [4.69, 9.17) is 4.74 Å². The van der Waals surface area contributed by atoms with Crippen molar-refractivity contribution in [1.29, 1.82) is 0 Å². The predicted octanol–water partition coefficient (Wildman–Crippen LogP) is 0.288. The number of amides is 2. The Morgan fingerprint density at radius 2 is 1.74 bits per heavy atom. The highest BCUT2D eigenvalue weighted by molar-refractivity contribution is 7.07. The zero-order valence-electron chi connectivity index (χ0n) is 13.6. The number of aromatic nitrogens is 1. The van der Waals surface area contributed by atoms with Crippen LogP contribution in [0.5, 0.6) is 0 Å². The summed E-state index contributed by atoms with van der Waals surface area (Å²) in [6.45, 7) is 9.47. The molecule has 0 aliphatic carbocycles. The molecular weight excluding hydrogens is 316 g/mol. The largest absolute Gasteiger partial charge is 0.378 e. The summed E-state index contributed by atoms with van der Waals surface area (Å²) in [6, 6.07) is 0.137. The van der Waals surface area contributed by atoms with Gasteiger partial charge >= 0.3 is 10.9 Å². The minimum absolute atomic E-state index is 0.114. The summed E-state index contributed by atoms with van der Waals surface area (Å²) in [5, 5.41) is 1.90. The first kappa shape index (κ1) is 16.5. The number of carbonyl (C=O) groups excluding carboxylic acids is 1. The first-order valence-electron chi connectivity index (χ1n) is 8.14. The van der Waals surface area contributed by atoms with Crippen LogP contribution in [-0.4, -0.2) is 84.3 Å². The van der Waals surface area contributed by atoms with Gasteiger partial charge in [0.05, 0.1) is 13.2 Å². The lowest BCUT2D eigenvalue weighted by molar-refractivity contribution is 0.0375. The summed E-state index contributed by atoms with van der Waals surface area (Å²) in [7, 11) is 0. The minimum atomic E-state index is 0.114. The number of hydrogen-bond donors (Lipinski definition) is 0. The van der Waals surface area contributed by atoms with Gasteiger partial charge in [-0.2, -0.15) is 0 Å². The molecule has 0 aromatic carbocycles. The highest BCUT2D eigenvalue weighted by Crippen LogP contribution is 2.08. The number of urea groups is 1. The fraction of sp³-hybridized carbons (Fsp3) is 0.733. The number of morpholine rings is 1. The van der Waals surface area contributed by atoms with Crippen LogP contribution < -0.4 is 4.87 Å². The molecule has 3 heterocycles. The van der Waals surface area contributed by atoms with E-state index in [1.54, 1.807) is 0 Å². The summed E-state index contributed by atoms with van der Waals surface area (Å²) in [6.07, 6.45) is 0. The van der Waals surface area contributed by atoms with Crippen molar-refractivity contribution >= 4 is 17.4 Å². The van der Waals surface area contributed by atoms with Crippen molar-refractivity contribution in [3.63, 3.8) is 0 Å². The summed E-state index contributed by atoms with van der Waals surface area (Å²) >= 11 is 1.26. The second kappa shape index (κ2) is 7.46. The zero-order valence-corrected chi connectivity index (χ0v) is 14.4. The van der Waals surface area contributed by atoms with Gasteiger partial charge in [0.25, 0.3) is 0 Å². The standard InChI is InChI=1S/C15H24N4O3S/c1-13-12-23-15(21)19(13)7-4-16-2-5-17(6-3-16)14(20)18-8-10-22-11-9-18/h12H,2-11H2,1H3. The van der Waals surface area contributed by atoms with Crippen LogP contribution in [0.4, 0.5) is 4.79 Å². The van der Waals surface area contributed by atoms with E-state index in [1.807, 2.05) is 26.7 Å². The van der Waals surface area contributed by atoms with Crippen LogP contribution >= 0.6 is 11.3 Å². The van der Waals surface area contributed by atoms with E-state index in [-0.39, 0.29) is 10.9 Å². The van der Waals surface area contributed by atoms with E-state index in [0.29, 0.717) is 26.3 Å². The van der Waals surface area contributed by atoms with Gasteiger partial charge in [0.15, 0.2) is 0 Å². The van der Waals surface area contributed by atoms with Crippen LogP contribution in [0.15, 0.2) is 10.2 Å². The van der Waals surface area contributed by atoms with Gasteiger partial charge in [-0.05, 0) is 6.92 Å². The van der Waals surface area contributed by atoms with Gasteiger partial charge < -0.3 is 19.1 Å². The average molecular weight is 340 g/mol. The van der Waals surface area contributed by atoms with Crippen molar-refractivity contribution in [2.24, 2.45) is 0 Å². The Kier molecular flexibility index (Phi) is 5.34. The summed E-state index contributed by atoms with van der Waals surface area (Å²) < 4.78 is 7.12. The third-order valence-corrected chi connectivity index (χ3v) is 5.42. The molecule has 1 aromatic rings. The number of rotatable bonds is 3. The van der Waals surface area contributed by atoms with Gasteiger partial charge in [0, 0.05) is 63.4 Å². The van der Waals surface area contributed by atoms with Gasteiger partial charge in [-0.25, -0.2) is 4.79 Å². The topological polar surface area (TPSA) is 58.0 Å². The van der Waals surface area contributed by atoms with Crippen molar-refractivity contribution in [2.45, 2.75) is 13.5 Å². The molecule has 0 unspecified atom stereocenters. The molecule has 0 spiro atoms. The second-order valence-electron chi connectivity index (χ2n) is 6.01. The van der Waals surface area contributed by atoms with Crippen molar-refractivity contribution in [2.75, 3.05) is 59.0 Å². The number of aryl methyl sites for hydroxylation is 1. The highest BCUT2D eigenvalue weighted by atomic mass is 32.1. The number of carbonyl (C=O) groups is 1. The minimum Gasteiger partial charge on any atom is -0.378 e. The average Bonchev–Trinajstić information content (AvgIpc) is 2.92. The van der Waals surface area contributed by atoms with Crippen molar-refractivity contribution in [3.8, 4) is 0 Å². The monoisotopic (exact) mass is 340 g/mol. The maximum Gasteiger partial charge on any atom is 0.320 e. The molecular formula is C15H24N4O3S. The molecule has 0 N–H and O–H groups in total. The van der Waals surface area contributed by atoms with Crippen LogP contribution in [0.1, 0.15) is 5.69 Å². The van der Waals surface area contributed by atoms with Gasteiger partial charge in [-0.15, -0.1) is 0 Å². The number of thiazole rings is 1. The number of ether oxygens (including phenoxy) is 1. The molecule has 3 rings (SSSR count). The van der Waals surface area contributed by atoms with Gasteiger partial charge in [-0.1, -0.05) is 11.3 Å². The Labute approximate surface area is 140 Å². The molecule has 0 atom stereocenters. The fourth-order valence-corrected chi connectivity index (χ4v) is 3.79. The lowest BCUT2D eigenvalue weighted by Crippen LogP contribution is -2.55. The smallest absolute Gasteiger partial charge is 0.320 e. The molecule has 7 nitrogen and oxygen atoms in total. The molecule has 2 amide bonds. The third-order valence-electron chi connectivity index (χ3n) is 4.54. The maximum absolute atomic E-state index is 12.4. The van der Waals surface area contributed by atoms with E-state index in [0.717, 1.165) is 45.0 Å². The SMILES string of the molecule is Cc1csc(=O)n1CCN1CCN(C(=O)N2CCOCC2)CC1. The Balaban J connectivity index is 1.45. The van der Waals surface area contributed by atoms with E-state index in [9.17, 15) is 9.59 Å². The van der Waals surface area contributed by atoms with Crippen LogP contribution in [0, 0.1) is 6.92 Å². The first-order valence-corrected chi connectivity index (χ1v) is 9.02. The molecule has 2 aliphatic heterocycles. The molecule has 0 saturated carbocycles. The molecule has 2 fully saturated rings. The molecule has 0 bridgehead atoms. The summed E-state index contributed by atoms with van der Waals surface area (Å²) in [4.78, 5) is 30.4. The molecule has 8 heteroatoms. The van der Waals surface area contributed by atoms with Crippen LogP contribution in [0.2, 0.25) is 0 Å². The van der Waals surface area contributed by atoms with Gasteiger partial charge in [-0.3, -0.25) is 9.69 Å². The van der Waals surface area contributed by atoms with Crippen LogP contribution in [-0.2, 0) is 11.3 Å². The lowest BCUT2D eigenvalue weighted by Gasteiger charge is -2.38. The second-order valence-corrected chi connectivity index (χ2v) is 6.83. The van der Waals surface area contributed by atoms with Crippen LogP contribution in [0.3, 0.4) is 0 Å². The van der Waals surface area contributed by atoms with E-state index in [2.05, 4.69) is 4.90 Å². The van der Waals surface area contributed by atoms with Crippen molar-refractivity contribution in [1.82, 2.24) is 19.3 Å². The Morgan fingerprint density at radius 1 is 1.09 bits per heavy atom. The molecule has 23 heavy (non-hydrogen) atoms. The molecule has 128 valence electrons. The van der Waals surface area contributed by atoms with E-state index in [1.165, 1.54) is 11.3 Å². The Bertz CT molecular complexity index is 586. The Morgan fingerprint density at radius 3 is 2.35 bits per heavy atom. The third kappa shape index (κ3) is 3.94. The predicted molar refractivity (Wildman–Crippen MR) is 89.1 cm³/mol. The molecule has 2 aliphatic rings. The van der Waals surface area contributed by atoms with E-state index >= 15 is 0 Å². The summed E-state index contributed by atoms with van der Waals surface area (Å²) in [5.41, 5.74) is 1.03. The van der Waals surface area contributed by atoms with E-state index < -0.39 is 0 Å². The number of piperazine rings is 1. The van der Waals surface area contributed by atoms with Crippen LogP contribution in [0.25, 0.3) is 0 Å².